The van der Waals surface area contributed by atoms with E-state index in [4.69, 9.17) is 0 Å². The van der Waals surface area contributed by atoms with Gasteiger partial charge in [0.2, 0.25) is 0 Å². The van der Waals surface area contributed by atoms with Crippen molar-refractivity contribution in [1.29, 1.82) is 0 Å². The van der Waals surface area contributed by atoms with Crippen LogP contribution in [0, 0.1) is 6.92 Å². The van der Waals surface area contributed by atoms with E-state index in [1.807, 2.05) is 6.92 Å². The summed E-state index contributed by atoms with van der Waals surface area (Å²) in [7, 11) is 0. The second kappa shape index (κ2) is 8.45. The molecule has 0 spiro atoms. The maximum Gasteiger partial charge on any atom is 0.321 e. The second-order valence-electron chi connectivity index (χ2n) is 6.89. The predicted molar refractivity (Wildman–Crippen MR) is 116 cm³/mol. The molecule has 4 rings (SSSR count). The minimum atomic E-state index is -0.114. The number of amides is 3. The summed E-state index contributed by atoms with van der Waals surface area (Å²) in [6.45, 7) is 3.85. The van der Waals surface area contributed by atoms with Crippen molar-refractivity contribution in [3.05, 3.63) is 70.0 Å². The number of rotatable bonds is 6. The van der Waals surface area contributed by atoms with Crippen molar-refractivity contribution in [1.82, 2.24) is 15.6 Å². The number of aromatic nitrogens is 1. The van der Waals surface area contributed by atoms with Crippen LogP contribution < -0.4 is 15.5 Å². The summed E-state index contributed by atoms with van der Waals surface area (Å²) in [6.07, 6.45) is 0.758. The average molecular weight is 407 g/mol. The minimum absolute atomic E-state index is 0.0989. The van der Waals surface area contributed by atoms with Gasteiger partial charge in [-0.3, -0.25) is 9.69 Å². The first-order chi connectivity index (χ1) is 14.1. The number of thiazole rings is 1. The van der Waals surface area contributed by atoms with Crippen molar-refractivity contribution in [2.75, 3.05) is 24.5 Å². The number of nitrogens with one attached hydrogen (secondary N) is 2. The van der Waals surface area contributed by atoms with E-state index in [1.54, 1.807) is 40.5 Å². The number of aryl methyl sites for hydroxylation is 1. The number of carbonyl (C=O) groups is 2. The first-order valence-corrected chi connectivity index (χ1v) is 10.4. The third-order valence-electron chi connectivity index (χ3n) is 4.87. The van der Waals surface area contributed by atoms with Crippen LogP contribution in [0.1, 0.15) is 20.9 Å². The summed E-state index contributed by atoms with van der Waals surface area (Å²) in [4.78, 5) is 30.2. The molecule has 3 amide bonds. The number of anilines is 1. The Hall–Kier alpha value is -3.19. The number of hydrogen-bond donors (Lipinski definition) is 2. The number of carbonyl (C=O) groups excluding carboxylic acids is 2. The molecule has 1 aliphatic rings. The van der Waals surface area contributed by atoms with Gasteiger partial charge in [0.25, 0.3) is 5.91 Å². The molecule has 0 atom stereocenters. The summed E-state index contributed by atoms with van der Waals surface area (Å²) < 4.78 is 0. The van der Waals surface area contributed by atoms with E-state index in [0.717, 1.165) is 33.9 Å². The third-order valence-corrected chi connectivity index (χ3v) is 5.64. The fraction of sp³-hybridized carbons (Fsp3) is 0.227. The van der Waals surface area contributed by atoms with Gasteiger partial charge in [0.05, 0.1) is 10.7 Å². The van der Waals surface area contributed by atoms with Gasteiger partial charge in [0.15, 0.2) is 0 Å². The summed E-state index contributed by atoms with van der Waals surface area (Å²) in [5, 5.41) is 8.84. The van der Waals surface area contributed by atoms with Gasteiger partial charge >= 0.3 is 6.03 Å². The largest absolute Gasteiger partial charge is 0.352 e. The van der Waals surface area contributed by atoms with E-state index in [2.05, 4.69) is 45.3 Å². The van der Waals surface area contributed by atoms with Crippen molar-refractivity contribution in [3.63, 3.8) is 0 Å². The second-order valence-corrected chi connectivity index (χ2v) is 7.95. The highest BCUT2D eigenvalue weighted by Crippen LogP contribution is 2.22. The summed E-state index contributed by atoms with van der Waals surface area (Å²) in [5.41, 5.74) is 4.65. The molecule has 0 saturated carbocycles. The number of urea groups is 1. The average Bonchev–Trinajstić information content (AvgIpc) is 3.37. The van der Waals surface area contributed by atoms with Gasteiger partial charge in [0, 0.05) is 41.8 Å². The van der Waals surface area contributed by atoms with Crippen molar-refractivity contribution >= 4 is 29.0 Å². The summed E-state index contributed by atoms with van der Waals surface area (Å²) >= 11 is 1.65. The third kappa shape index (κ3) is 4.46. The molecule has 3 aromatic rings. The highest BCUT2D eigenvalue weighted by molar-refractivity contribution is 7.09. The monoisotopic (exact) mass is 406 g/mol. The Labute approximate surface area is 173 Å². The van der Waals surface area contributed by atoms with Crippen LogP contribution in [0.5, 0.6) is 0 Å². The van der Waals surface area contributed by atoms with Gasteiger partial charge in [-0.2, -0.15) is 0 Å². The standard InChI is InChI=1S/C22H22N4O2S/c1-15-25-20(14-29-15)17-4-2-16(3-5-17)10-11-23-21(27)18-6-8-19(9-7-18)26-13-12-24-22(26)28/h2-9,14H,10-13H2,1H3,(H,23,27)(H,24,28). The van der Waals surface area contributed by atoms with Crippen LogP contribution in [0.4, 0.5) is 10.5 Å². The summed E-state index contributed by atoms with van der Waals surface area (Å²) in [6, 6.07) is 15.3. The van der Waals surface area contributed by atoms with Gasteiger partial charge in [0.1, 0.15) is 0 Å². The number of hydrogen-bond acceptors (Lipinski definition) is 4. The van der Waals surface area contributed by atoms with Crippen LogP contribution >= 0.6 is 11.3 Å². The SMILES string of the molecule is Cc1nc(-c2ccc(CCNC(=O)c3ccc(N4CCNC4=O)cc3)cc2)cs1. The molecule has 2 N–H and O–H groups in total. The van der Waals surface area contributed by atoms with E-state index < -0.39 is 0 Å². The molecule has 1 aromatic heterocycles. The van der Waals surface area contributed by atoms with Gasteiger partial charge in [-0.15, -0.1) is 11.3 Å². The molecule has 29 heavy (non-hydrogen) atoms. The highest BCUT2D eigenvalue weighted by atomic mass is 32.1. The van der Waals surface area contributed by atoms with Crippen LogP contribution in [-0.2, 0) is 6.42 Å². The quantitative estimate of drug-likeness (QED) is 0.657. The zero-order chi connectivity index (χ0) is 20.2. The zero-order valence-electron chi connectivity index (χ0n) is 16.1. The highest BCUT2D eigenvalue weighted by Gasteiger charge is 2.21. The zero-order valence-corrected chi connectivity index (χ0v) is 17.0. The Balaban J connectivity index is 1.29. The first kappa shape index (κ1) is 19.1. The molecule has 148 valence electrons. The Morgan fingerprint density at radius 3 is 2.55 bits per heavy atom. The van der Waals surface area contributed by atoms with Crippen LogP contribution in [-0.4, -0.2) is 36.6 Å². The van der Waals surface area contributed by atoms with E-state index in [1.165, 1.54) is 0 Å². The molecule has 0 unspecified atom stereocenters. The smallest absolute Gasteiger partial charge is 0.321 e. The molecule has 1 aliphatic heterocycles. The lowest BCUT2D eigenvalue weighted by Crippen LogP contribution is -2.28. The van der Waals surface area contributed by atoms with Crippen LogP contribution in [0.3, 0.4) is 0 Å². The van der Waals surface area contributed by atoms with E-state index in [0.29, 0.717) is 25.2 Å². The Kier molecular flexibility index (Phi) is 5.57. The van der Waals surface area contributed by atoms with Crippen LogP contribution in [0.15, 0.2) is 53.9 Å². The van der Waals surface area contributed by atoms with Gasteiger partial charge < -0.3 is 10.6 Å². The maximum absolute atomic E-state index is 12.4. The number of nitrogens with zero attached hydrogens (tertiary/aromatic N) is 2. The van der Waals surface area contributed by atoms with Crippen LogP contribution in [0.25, 0.3) is 11.3 Å². The molecule has 0 bridgehead atoms. The lowest BCUT2D eigenvalue weighted by Gasteiger charge is -2.14. The molecular formula is C22H22N4O2S. The number of benzene rings is 2. The molecule has 2 aromatic carbocycles. The Bertz CT molecular complexity index is 1010. The molecule has 0 radical (unpaired) electrons. The van der Waals surface area contributed by atoms with E-state index >= 15 is 0 Å². The molecule has 7 heteroatoms. The Morgan fingerprint density at radius 2 is 1.93 bits per heavy atom. The van der Waals surface area contributed by atoms with Crippen molar-refractivity contribution < 1.29 is 9.59 Å². The topological polar surface area (TPSA) is 74.3 Å². The lowest BCUT2D eigenvalue weighted by atomic mass is 10.1. The van der Waals surface area contributed by atoms with Crippen molar-refractivity contribution in [3.8, 4) is 11.3 Å². The lowest BCUT2D eigenvalue weighted by molar-refractivity contribution is 0.0954. The molecule has 2 heterocycles. The fourth-order valence-corrected chi connectivity index (χ4v) is 3.89. The van der Waals surface area contributed by atoms with Gasteiger partial charge in [-0.1, -0.05) is 24.3 Å². The molecular weight excluding hydrogens is 384 g/mol. The Morgan fingerprint density at radius 1 is 1.17 bits per heavy atom. The molecule has 6 nitrogen and oxygen atoms in total. The maximum atomic E-state index is 12.4. The van der Waals surface area contributed by atoms with Crippen molar-refractivity contribution in [2.24, 2.45) is 0 Å². The molecule has 0 aliphatic carbocycles. The molecule has 1 fully saturated rings. The summed E-state index contributed by atoms with van der Waals surface area (Å²) in [5.74, 6) is -0.114. The predicted octanol–water partition coefficient (Wildman–Crippen LogP) is 3.62. The fourth-order valence-electron chi connectivity index (χ4n) is 3.27. The van der Waals surface area contributed by atoms with Gasteiger partial charge in [-0.25, -0.2) is 9.78 Å². The molecule has 1 saturated heterocycles. The van der Waals surface area contributed by atoms with E-state index in [9.17, 15) is 9.59 Å². The van der Waals surface area contributed by atoms with Crippen LogP contribution in [0.2, 0.25) is 0 Å². The minimum Gasteiger partial charge on any atom is -0.352 e. The first-order valence-electron chi connectivity index (χ1n) is 9.55. The van der Waals surface area contributed by atoms with E-state index in [-0.39, 0.29) is 11.9 Å². The van der Waals surface area contributed by atoms with Crippen molar-refractivity contribution in [2.45, 2.75) is 13.3 Å². The normalized spacial score (nSPS) is 13.4. The van der Waals surface area contributed by atoms with Gasteiger partial charge in [-0.05, 0) is 43.2 Å².